The molecule has 2 fully saturated rings. The van der Waals surface area contributed by atoms with Crippen molar-refractivity contribution < 1.29 is 58.4 Å². The minimum absolute atomic E-state index is 0.00491. The monoisotopic (exact) mass is 862 g/mol. The Morgan fingerprint density at radius 3 is 2.35 bits per heavy atom. The first-order valence-electron chi connectivity index (χ1n) is 20.0. The second-order valence-corrected chi connectivity index (χ2v) is 15.5. The molecule has 6 rings (SSSR count). The van der Waals surface area contributed by atoms with E-state index < -0.39 is 96.3 Å². The highest BCUT2D eigenvalue weighted by Crippen LogP contribution is 2.27. The maximum absolute atomic E-state index is 13.5. The number of carbonyl (C=O) groups excluding carboxylic acids is 7. The van der Waals surface area contributed by atoms with Gasteiger partial charge in [-0.1, -0.05) is 26.0 Å². The van der Waals surface area contributed by atoms with Crippen LogP contribution in [0.5, 0.6) is 0 Å². The zero-order chi connectivity index (χ0) is 44.8. The van der Waals surface area contributed by atoms with Crippen LogP contribution in [0.25, 0.3) is 11.2 Å². The van der Waals surface area contributed by atoms with Crippen LogP contribution >= 0.6 is 0 Å². The number of ether oxygens (including phenoxy) is 2. The second kappa shape index (κ2) is 19.5. The van der Waals surface area contributed by atoms with Gasteiger partial charge in [0.25, 0.3) is 11.8 Å². The number of aromatic amines is 1. The highest BCUT2D eigenvalue weighted by Gasteiger charge is 2.47. The molecule has 0 radical (unpaired) electrons. The highest BCUT2D eigenvalue weighted by atomic mass is 16.6. The topological polar surface area (TPSA) is 307 Å². The summed E-state index contributed by atoms with van der Waals surface area (Å²) in [6, 6.07) is 3.44. The van der Waals surface area contributed by atoms with Crippen LogP contribution < -0.4 is 26.6 Å². The predicted molar refractivity (Wildman–Crippen MR) is 217 cm³/mol. The lowest BCUT2D eigenvalue weighted by molar-refractivity contribution is -0.173. The summed E-state index contributed by atoms with van der Waals surface area (Å²) in [6.07, 6.45) is -1.93. The van der Waals surface area contributed by atoms with Crippen molar-refractivity contribution in [3.8, 4) is 0 Å². The average Bonchev–Trinajstić information content (AvgIpc) is 3.97. The van der Waals surface area contributed by atoms with Crippen molar-refractivity contribution in [1.82, 2.24) is 40.7 Å². The Morgan fingerprint density at radius 1 is 0.952 bits per heavy atom. The first kappa shape index (κ1) is 45.0. The zero-order valence-electron chi connectivity index (χ0n) is 34.3. The lowest BCUT2D eigenvalue weighted by atomic mass is 9.95. The summed E-state index contributed by atoms with van der Waals surface area (Å²) in [4.78, 5) is 102. The van der Waals surface area contributed by atoms with E-state index in [0.717, 1.165) is 22.0 Å². The van der Waals surface area contributed by atoms with Crippen LogP contribution in [0.1, 0.15) is 46.1 Å². The number of imide groups is 1. The fraction of sp³-hybridized carbons (Fsp3) is 0.475. The van der Waals surface area contributed by atoms with Crippen molar-refractivity contribution in [2.24, 2.45) is 5.92 Å². The number of aliphatic hydroxyl groups is 3. The highest BCUT2D eigenvalue weighted by molar-refractivity contribution is 6.13. The smallest absolute Gasteiger partial charge is 0.410 e. The van der Waals surface area contributed by atoms with Gasteiger partial charge in [0.15, 0.2) is 11.9 Å². The number of H-pyrrole nitrogens is 1. The number of aromatic nitrogens is 3. The molecule has 0 spiro atoms. The molecule has 0 aliphatic carbocycles. The van der Waals surface area contributed by atoms with Crippen molar-refractivity contribution in [3.05, 3.63) is 60.6 Å². The number of hydrogen-bond donors (Lipinski definition) is 9. The van der Waals surface area contributed by atoms with E-state index in [1.807, 2.05) is 0 Å². The van der Waals surface area contributed by atoms with E-state index in [-0.39, 0.29) is 38.5 Å². The fourth-order valence-corrected chi connectivity index (χ4v) is 7.23. The van der Waals surface area contributed by atoms with Gasteiger partial charge in [0.1, 0.15) is 42.5 Å². The third-order valence-electron chi connectivity index (χ3n) is 10.8. The minimum atomic E-state index is -1.50. The van der Waals surface area contributed by atoms with E-state index in [2.05, 4.69) is 41.5 Å². The largest absolute Gasteiger partial charge is 0.445 e. The molecule has 1 aromatic carbocycles. The molecule has 2 saturated heterocycles. The number of likely N-dealkylation sites (tertiary alicyclic amines) is 1. The van der Waals surface area contributed by atoms with Crippen LogP contribution in [-0.2, 0) is 44.8 Å². The Balaban J connectivity index is 0.953. The van der Waals surface area contributed by atoms with Crippen molar-refractivity contribution >= 4 is 64.1 Å². The van der Waals surface area contributed by atoms with E-state index in [9.17, 15) is 48.9 Å². The van der Waals surface area contributed by atoms with E-state index in [1.54, 1.807) is 51.1 Å². The van der Waals surface area contributed by atoms with Crippen LogP contribution in [0.4, 0.5) is 16.2 Å². The van der Waals surface area contributed by atoms with Crippen LogP contribution in [0.2, 0.25) is 0 Å². The SMILES string of the molecule is CC(C)[C@H](NC(=O)CCN1C(=O)C=CC1=O)C(=O)N[C@@H](C)C(=O)Nc1ccc(COC(=O)N2CC[C@H](O)[C@@H]2C(=O)N[C@@H]2[C@@H](O)[C@@H](O)[C@@H](Nc3ccnc4nc[nH]c34)O[C@H]2C)cc1. The molecule has 62 heavy (non-hydrogen) atoms. The number of hydrogen-bond acceptors (Lipinski definition) is 15. The van der Waals surface area contributed by atoms with E-state index in [1.165, 1.54) is 19.4 Å². The van der Waals surface area contributed by atoms with E-state index in [0.29, 0.717) is 28.1 Å². The summed E-state index contributed by atoms with van der Waals surface area (Å²) >= 11 is 0. The third kappa shape index (κ3) is 10.3. The van der Waals surface area contributed by atoms with E-state index >= 15 is 0 Å². The third-order valence-corrected chi connectivity index (χ3v) is 10.8. The molecule has 2 aromatic heterocycles. The summed E-state index contributed by atoms with van der Waals surface area (Å²) in [5.74, 6) is -3.91. The Labute approximate surface area is 354 Å². The minimum Gasteiger partial charge on any atom is -0.445 e. The Bertz CT molecular complexity index is 2180. The van der Waals surface area contributed by atoms with Gasteiger partial charge < -0.3 is 56.4 Å². The zero-order valence-corrected chi connectivity index (χ0v) is 34.3. The van der Waals surface area contributed by atoms with Gasteiger partial charge in [0.2, 0.25) is 23.6 Å². The second-order valence-electron chi connectivity index (χ2n) is 15.5. The lowest BCUT2D eigenvalue weighted by Gasteiger charge is -2.43. The molecule has 22 heteroatoms. The summed E-state index contributed by atoms with van der Waals surface area (Å²) < 4.78 is 11.4. The number of amides is 7. The Hall–Kier alpha value is -6.49. The molecule has 0 unspecified atom stereocenters. The van der Waals surface area contributed by atoms with Gasteiger partial charge >= 0.3 is 6.09 Å². The van der Waals surface area contributed by atoms with Crippen molar-refractivity contribution in [3.63, 3.8) is 0 Å². The fourth-order valence-electron chi connectivity index (χ4n) is 7.23. The van der Waals surface area contributed by atoms with Crippen LogP contribution in [0.3, 0.4) is 0 Å². The number of anilines is 2. The number of pyridine rings is 1. The Kier molecular flexibility index (Phi) is 14.2. The predicted octanol–water partition coefficient (Wildman–Crippen LogP) is -1.01. The van der Waals surface area contributed by atoms with Gasteiger partial charge in [0.05, 0.1) is 30.3 Å². The van der Waals surface area contributed by atoms with Crippen molar-refractivity contribution in [2.45, 2.75) is 102 Å². The number of rotatable bonds is 15. The number of imidazole rings is 1. The van der Waals surface area contributed by atoms with E-state index in [4.69, 9.17) is 9.47 Å². The number of benzene rings is 1. The van der Waals surface area contributed by atoms with Crippen molar-refractivity contribution in [1.29, 1.82) is 0 Å². The van der Waals surface area contributed by atoms with Gasteiger partial charge in [0, 0.05) is 43.5 Å². The van der Waals surface area contributed by atoms with Crippen LogP contribution in [-0.4, -0.2) is 150 Å². The standard InChI is InChI=1S/C40H50N10O12/c1-19(2)29(47-26(52)13-16-49-27(53)9-10-28(49)54)37(58)44-20(3)36(57)45-23-7-5-22(6-8-23)17-61-40(60)50-15-12-25(51)32(50)38(59)48-30-21(4)62-39(34(56)33(30)55)46-24-11-14-41-35-31(24)42-18-43-35/h5-11,14,18-21,25,29-30,32-34,39,51,55-56H,12-13,15-17H2,1-4H3,(H,44,58)(H,45,57)(H,47,52)(H,48,59)(H2,41,42,43,46)/t20-,21-,25-,29-,30-,32+,33+,34+,39-/m0/s1. The summed E-state index contributed by atoms with van der Waals surface area (Å²) in [5, 5.41) is 46.3. The molecular formula is C40H50N10O12. The number of aliphatic hydroxyl groups excluding tert-OH is 3. The molecule has 3 aliphatic rings. The molecule has 0 saturated carbocycles. The molecule has 0 bridgehead atoms. The van der Waals surface area contributed by atoms with Gasteiger partial charge in [-0.15, -0.1) is 0 Å². The van der Waals surface area contributed by atoms with Crippen LogP contribution in [0.15, 0.2) is 55.0 Å². The number of fused-ring (bicyclic) bond motifs is 1. The normalized spacial score (nSPS) is 24.5. The van der Waals surface area contributed by atoms with Crippen molar-refractivity contribution in [2.75, 3.05) is 23.7 Å². The molecule has 332 valence electrons. The summed E-state index contributed by atoms with van der Waals surface area (Å²) in [7, 11) is 0. The molecule has 9 N–H and O–H groups in total. The lowest BCUT2D eigenvalue weighted by Crippen LogP contribution is -2.66. The van der Waals surface area contributed by atoms with Gasteiger partial charge in [-0.3, -0.25) is 38.6 Å². The molecule has 3 aromatic rings. The average molecular weight is 863 g/mol. The molecule has 9 atom stereocenters. The maximum Gasteiger partial charge on any atom is 0.410 e. The summed E-state index contributed by atoms with van der Waals surface area (Å²) in [6.45, 7) is 6.11. The van der Waals surface area contributed by atoms with Gasteiger partial charge in [-0.2, -0.15) is 0 Å². The van der Waals surface area contributed by atoms with Gasteiger partial charge in [-0.25, -0.2) is 14.8 Å². The van der Waals surface area contributed by atoms with Crippen LogP contribution in [0, 0.1) is 5.92 Å². The molecule has 7 amide bonds. The maximum atomic E-state index is 13.5. The first-order valence-corrected chi connectivity index (χ1v) is 20.0. The first-order chi connectivity index (χ1) is 29.5. The number of carbonyl (C=O) groups is 7. The quantitative estimate of drug-likeness (QED) is 0.0828. The number of nitrogens with zero attached hydrogens (tertiary/aromatic N) is 4. The molecule has 5 heterocycles. The molecule has 22 nitrogen and oxygen atoms in total. The number of nitrogens with one attached hydrogen (secondary N) is 6. The summed E-state index contributed by atoms with van der Waals surface area (Å²) in [5.41, 5.74) is 2.40. The molecular weight excluding hydrogens is 812 g/mol. The molecule has 3 aliphatic heterocycles. The Morgan fingerprint density at radius 2 is 1.66 bits per heavy atom. The van der Waals surface area contributed by atoms with Gasteiger partial charge in [-0.05, 0) is 49.9 Å².